The lowest BCUT2D eigenvalue weighted by molar-refractivity contribution is -0.142. The number of benzene rings is 1. The van der Waals surface area contributed by atoms with Gasteiger partial charge in [0.05, 0.1) is 5.92 Å². The van der Waals surface area contributed by atoms with Gasteiger partial charge in [-0.2, -0.15) is 0 Å². The minimum absolute atomic E-state index is 0.0620. The molecule has 6 heteroatoms. The predicted octanol–water partition coefficient (Wildman–Crippen LogP) is 2.52. The van der Waals surface area contributed by atoms with Gasteiger partial charge in [0, 0.05) is 18.7 Å². The van der Waals surface area contributed by atoms with Crippen molar-refractivity contribution in [2.45, 2.75) is 12.8 Å². The zero-order chi connectivity index (χ0) is 16.7. The Labute approximate surface area is 139 Å². The van der Waals surface area contributed by atoms with Crippen molar-refractivity contribution in [1.82, 2.24) is 9.88 Å². The zero-order valence-corrected chi connectivity index (χ0v) is 13.1. The first-order valence-corrected chi connectivity index (χ1v) is 8.16. The second-order valence-corrected chi connectivity index (χ2v) is 6.56. The fourth-order valence-corrected chi connectivity index (χ4v) is 3.51. The second-order valence-electron chi connectivity index (χ2n) is 6.56. The van der Waals surface area contributed by atoms with Gasteiger partial charge in [0.1, 0.15) is 6.26 Å². The molecule has 0 radical (unpaired) electrons. The number of aliphatic carboxylic acids is 1. The minimum Gasteiger partial charge on any atom is -0.481 e. The molecule has 1 saturated heterocycles. The molecule has 2 aromatic rings. The maximum absolute atomic E-state index is 12.7. The van der Waals surface area contributed by atoms with Crippen LogP contribution in [0.15, 0.2) is 41.0 Å². The number of carbonyl (C=O) groups is 2. The lowest BCUT2D eigenvalue weighted by Crippen LogP contribution is -2.30. The van der Waals surface area contributed by atoms with E-state index in [1.165, 1.54) is 6.26 Å². The molecule has 1 aromatic heterocycles. The van der Waals surface area contributed by atoms with Gasteiger partial charge < -0.3 is 14.4 Å². The smallest absolute Gasteiger partial charge is 0.308 e. The molecule has 1 N–H and O–H groups in total. The summed E-state index contributed by atoms with van der Waals surface area (Å²) < 4.78 is 5.42. The fraction of sp³-hybridized carbons (Fsp3) is 0.389. The summed E-state index contributed by atoms with van der Waals surface area (Å²) in [5.41, 5.74) is 1.03. The number of aromatic nitrogens is 1. The third-order valence-corrected chi connectivity index (χ3v) is 4.94. The van der Waals surface area contributed by atoms with Gasteiger partial charge in [-0.25, -0.2) is 4.98 Å². The molecule has 2 atom stereocenters. The summed E-state index contributed by atoms with van der Waals surface area (Å²) in [7, 11) is 0. The van der Waals surface area contributed by atoms with E-state index in [2.05, 4.69) is 4.98 Å². The molecule has 1 aliphatic heterocycles. The van der Waals surface area contributed by atoms with Crippen LogP contribution in [0, 0.1) is 17.8 Å². The van der Waals surface area contributed by atoms with Crippen molar-refractivity contribution in [3.05, 3.63) is 42.3 Å². The summed E-state index contributed by atoms with van der Waals surface area (Å²) >= 11 is 0. The molecule has 24 heavy (non-hydrogen) atoms. The highest BCUT2D eigenvalue weighted by molar-refractivity contribution is 5.93. The van der Waals surface area contributed by atoms with Crippen LogP contribution in [0.1, 0.15) is 23.3 Å². The molecule has 2 heterocycles. The van der Waals surface area contributed by atoms with Crippen LogP contribution < -0.4 is 0 Å². The summed E-state index contributed by atoms with van der Waals surface area (Å²) in [6, 6.07) is 9.37. The molecule has 1 amide bonds. The van der Waals surface area contributed by atoms with E-state index in [1.807, 2.05) is 30.3 Å². The van der Waals surface area contributed by atoms with E-state index in [0.717, 1.165) is 18.4 Å². The topological polar surface area (TPSA) is 83.6 Å². The highest BCUT2D eigenvalue weighted by Gasteiger charge is 2.47. The van der Waals surface area contributed by atoms with Gasteiger partial charge in [0.15, 0.2) is 5.69 Å². The number of amides is 1. The fourth-order valence-electron chi connectivity index (χ4n) is 3.51. The molecule has 2 aliphatic rings. The van der Waals surface area contributed by atoms with Gasteiger partial charge in [-0.3, -0.25) is 9.59 Å². The summed E-state index contributed by atoms with van der Waals surface area (Å²) in [5.74, 6) is -0.635. The predicted molar refractivity (Wildman–Crippen MR) is 85.2 cm³/mol. The number of carboxylic acid groups (broad SMARTS) is 1. The maximum atomic E-state index is 12.7. The third kappa shape index (κ3) is 2.68. The highest BCUT2D eigenvalue weighted by atomic mass is 16.4. The Hall–Kier alpha value is -2.63. The van der Waals surface area contributed by atoms with Gasteiger partial charge in [0.2, 0.25) is 5.89 Å². The Bertz CT molecular complexity index is 766. The van der Waals surface area contributed by atoms with E-state index in [-0.39, 0.29) is 24.1 Å². The summed E-state index contributed by atoms with van der Waals surface area (Å²) in [6.45, 7) is 0.747. The van der Waals surface area contributed by atoms with Gasteiger partial charge in [0.25, 0.3) is 5.91 Å². The highest BCUT2D eigenvalue weighted by Crippen LogP contribution is 2.44. The average molecular weight is 326 g/mol. The summed E-state index contributed by atoms with van der Waals surface area (Å²) in [5, 5.41) is 9.41. The van der Waals surface area contributed by atoms with Crippen LogP contribution in [0.3, 0.4) is 0 Å². The van der Waals surface area contributed by atoms with Crippen molar-refractivity contribution >= 4 is 11.9 Å². The maximum Gasteiger partial charge on any atom is 0.308 e. The van der Waals surface area contributed by atoms with Crippen LogP contribution in [0.2, 0.25) is 0 Å². The molecule has 4 rings (SSSR count). The van der Waals surface area contributed by atoms with E-state index in [4.69, 9.17) is 4.42 Å². The second kappa shape index (κ2) is 5.78. The van der Waals surface area contributed by atoms with E-state index in [9.17, 15) is 14.7 Å². The first kappa shape index (κ1) is 14.9. The lowest BCUT2D eigenvalue weighted by atomic mass is 9.92. The molecule has 0 bridgehead atoms. The standard InChI is InChI=1S/C18H18N2O4/c21-17(15-10-24-16(19-15)12-4-2-1-3-5-12)20-8-13(11-6-7-11)14(9-20)18(22)23/h1-5,10-11,13-14H,6-9H2,(H,22,23)/t13-,14+/m1/s1. The molecule has 0 spiro atoms. The first-order valence-electron chi connectivity index (χ1n) is 8.16. The van der Waals surface area contributed by atoms with Gasteiger partial charge in [-0.05, 0) is 36.8 Å². The van der Waals surface area contributed by atoms with Gasteiger partial charge in [-0.1, -0.05) is 18.2 Å². The summed E-state index contributed by atoms with van der Waals surface area (Å²) in [4.78, 5) is 30.0. The molecule has 1 aliphatic carbocycles. The van der Waals surface area contributed by atoms with Crippen molar-refractivity contribution in [1.29, 1.82) is 0 Å². The molecule has 1 aromatic carbocycles. The van der Waals surface area contributed by atoms with Crippen LogP contribution >= 0.6 is 0 Å². The molecule has 124 valence electrons. The van der Waals surface area contributed by atoms with Crippen LogP contribution in [0.4, 0.5) is 0 Å². The van der Waals surface area contributed by atoms with Crippen molar-refractivity contribution in [3.63, 3.8) is 0 Å². The average Bonchev–Trinajstić information content (AvgIpc) is 3.15. The molecule has 0 unspecified atom stereocenters. The summed E-state index contributed by atoms with van der Waals surface area (Å²) in [6.07, 6.45) is 3.49. The molecule has 6 nitrogen and oxygen atoms in total. The Morgan fingerprint density at radius 2 is 1.92 bits per heavy atom. The number of rotatable bonds is 4. The minimum atomic E-state index is -0.813. The SMILES string of the molecule is O=C(O)[C@H]1CN(C(=O)c2coc(-c3ccccc3)n2)C[C@@H]1C1CC1. The number of oxazole rings is 1. The Morgan fingerprint density at radius 1 is 1.17 bits per heavy atom. The zero-order valence-electron chi connectivity index (χ0n) is 13.1. The van der Waals surface area contributed by atoms with Gasteiger partial charge >= 0.3 is 5.97 Å². The normalized spacial score (nSPS) is 23.4. The Morgan fingerprint density at radius 3 is 2.58 bits per heavy atom. The third-order valence-electron chi connectivity index (χ3n) is 4.94. The van der Waals surface area contributed by atoms with E-state index in [0.29, 0.717) is 18.4 Å². The van der Waals surface area contributed by atoms with E-state index >= 15 is 0 Å². The van der Waals surface area contributed by atoms with Crippen LogP contribution in [0.25, 0.3) is 11.5 Å². The van der Waals surface area contributed by atoms with Crippen LogP contribution in [-0.2, 0) is 4.79 Å². The molecule has 1 saturated carbocycles. The van der Waals surface area contributed by atoms with Crippen LogP contribution in [-0.4, -0.2) is 40.0 Å². The van der Waals surface area contributed by atoms with E-state index in [1.54, 1.807) is 4.90 Å². The largest absolute Gasteiger partial charge is 0.481 e. The van der Waals surface area contributed by atoms with Gasteiger partial charge in [-0.15, -0.1) is 0 Å². The van der Waals surface area contributed by atoms with Crippen LogP contribution in [0.5, 0.6) is 0 Å². The Kier molecular flexibility index (Phi) is 3.59. The molecular formula is C18H18N2O4. The van der Waals surface area contributed by atoms with Crippen molar-refractivity contribution < 1.29 is 19.1 Å². The van der Waals surface area contributed by atoms with Crippen molar-refractivity contribution in [3.8, 4) is 11.5 Å². The monoisotopic (exact) mass is 326 g/mol. The number of hydrogen-bond acceptors (Lipinski definition) is 4. The number of carboxylic acids is 1. The lowest BCUT2D eigenvalue weighted by Gasteiger charge is -2.14. The molecule has 2 fully saturated rings. The molecular weight excluding hydrogens is 308 g/mol. The number of carbonyl (C=O) groups excluding carboxylic acids is 1. The Balaban J connectivity index is 1.52. The van der Waals surface area contributed by atoms with Crippen molar-refractivity contribution in [2.75, 3.05) is 13.1 Å². The number of likely N-dealkylation sites (tertiary alicyclic amines) is 1. The number of nitrogens with zero attached hydrogens (tertiary/aromatic N) is 2. The number of hydrogen-bond donors (Lipinski definition) is 1. The van der Waals surface area contributed by atoms with E-state index < -0.39 is 11.9 Å². The quantitative estimate of drug-likeness (QED) is 0.933. The first-order chi connectivity index (χ1) is 11.6. The van der Waals surface area contributed by atoms with Crippen molar-refractivity contribution in [2.24, 2.45) is 17.8 Å².